The molecule has 17 nitrogen and oxygen atoms in total. The van der Waals surface area contributed by atoms with Crippen LogP contribution in [0.15, 0.2) is 37.7 Å². The number of nitrogen functional groups attached to an aromatic ring is 1. The number of rotatable bonds is 2. The maximum Gasteiger partial charge on any atom is 0.386 e. The van der Waals surface area contributed by atoms with Crippen molar-refractivity contribution in [3.63, 3.8) is 0 Å². The van der Waals surface area contributed by atoms with E-state index in [-0.39, 0.29) is 48.1 Å². The number of halogens is 1. The molecule has 0 bridgehead atoms. The zero-order chi connectivity index (χ0) is 31.1. The zero-order valence-corrected chi connectivity index (χ0v) is 26.5. The van der Waals surface area contributed by atoms with Crippen LogP contribution in [-0.2, 0) is 32.0 Å². The van der Waals surface area contributed by atoms with E-state index in [0.29, 0.717) is 23.2 Å². The van der Waals surface area contributed by atoms with Crippen LogP contribution in [0.5, 0.6) is 0 Å². The molecule has 5 aromatic rings. The van der Waals surface area contributed by atoms with Crippen LogP contribution in [0.25, 0.3) is 28.0 Å². The van der Waals surface area contributed by atoms with E-state index in [1.54, 1.807) is 29.4 Å². The SMILES string of the molecule is Nc1ncnc2c1ncn2[C@@H]1O[C@@H]2COP(=O)(S)OC[C@@H]3[C@@H](COP(=O)(S)O[C@H]2[C@H]1F)C[C@H]3n1cnc2c1ncn1ccnc21. The monoisotopic (exact) mass is 698 g/mol. The summed E-state index contributed by atoms with van der Waals surface area (Å²) >= 11 is 8.31. The molecule has 3 fully saturated rings. The van der Waals surface area contributed by atoms with E-state index in [9.17, 15) is 9.13 Å². The summed E-state index contributed by atoms with van der Waals surface area (Å²) in [6.07, 6.45) is 3.80. The number of fused-ring (bicyclic) bond motifs is 6. The fraction of sp³-hybridized carbons (Fsp3) is 0.478. The number of nitrogens with zero attached hydrogens (tertiary/aromatic N) is 9. The van der Waals surface area contributed by atoms with Gasteiger partial charge in [-0.1, -0.05) is 24.5 Å². The molecule has 8 rings (SSSR count). The molecular weight excluding hydrogens is 673 g/mol. The fourth-order valence-electron chi connectivity index (χ4n) is 6.12. The highest BCUT2D eigenvalue weighted by Crippen LogP contribution is 2.60. The number of thiol groups is 2. The molecule has 1 aliphatic carbocycles. The molecule has 7 heterocycles. The third-order valence-electron chi connectivity index (χ3n) is 8.42. The summed E-state index contributed by atoms with van der Waals surface area (Å²) in [7, 11) is 0. The Labute approximate surface area is 263 Å². The Bertz CT molecular complexity index is 2030. The van der Waals surface area contributed by atoms with Crippen LogP contribution in [0, 0.1) is 11.8 Å². The third kappa shape index (κ3) is 5.16. The smallest absolute Gasteiger partial charge is 0.382 e. The van der Waals surface area contributed by atoms with Gasteiger partial charge in [-0.3, -0.25) is 18.0 Å². The summed E-state index contributed by atoms with van der Waals surface area (Å²) in [5.74, 6) is -0.427. The first-order valence-corrected chi connectivity index (χ1v) is 19.1. The molecule has 2 saturated heterocycles. The summed E-state index contributed by atoms with van der Waals surface area (Å²) in [5.41, 5.74) is 8.21. The van der Waals surface area contributed by atoms with Crippen LogP contribution in [0.1, 0.15) is 18.7 Å². The lowest BCUT2D eigenvalue weighted by molar-refractivity contribution is -0.0408. The van der Waals surface area contributed by atoms with Crippen molar-refractivity contribution in [2.24, 2.45) is 11.8 Å². The molecule has 0 spiro atoms. The molecule has 9 atom stereocenters. The van der Waals surface area contributed by atoms with Gasteiger partial charge in [0.1, 0.15) is 30.4 Å². The summed E-state index contributed by atoms with van der Waals surface area (Å²) in [4.78, 5) is 25.6. The number of aromatic nitrogens is 9. The van der Waals surface area contributed by atoms with Gasteiger partial charge in [0.15, 0.2) is 40.7 Å². The van der Waals surface area contributed by atoms with Crippen LogP contribution in [0.2, 0.25) is 0 Å². The first-order valence-electron chi connectivity index (χ1n) is 13.7. The highest BCUT2D eigenvalue weighted by atomic mass is 32.7. The molecule has 5 aromatic heterocycles. The van der Waals surface area contributed by atoms with E-state index >= 15 is 4.39 Å². The number of hydrogen-bond donors (Lipinski definition) is 3. The van der Waals surface area contributed by atoms with Crippen molar-refractivity contribution in [3.8, 4) is 0 Å². The molecule has 0 amide bonds. The van der Waals surface area contributed by atoms with Gasteiger partial charge in [0.25, 0.3) is 0 Å². The van der Waals surface area contributed by atoms with Crippen molar-refractivity contribution in [2.75, 3.05) is 25.6 Å². The highest BCUT2D eigenvalue weighted by molar-refractivity contribution is 8.44. The molecule has 1 saturated carbocycles. The quantitative estimate of drug-likeness (QED) is 0.179. The van der Waals surface area contributed by atoms with Crippen LogP contribution in [0.3, 0.4) is 0 Å². The first-order chi connectivity index (χ1) is 21.6. The fourth-order valence-corrected chi connectivity index (χ4v) is 8.82. The van der Waals surface area contributed by atoms with Crippen molar-refractivity contribution < 1.29 is 36.4 Å². The van der Waals surface area contributed by atoms with Gasteiger partial charge >= 0.3 is 13.6 Å². The molecule has 2 aliphatic heterocycles. The number of anilines is 1. The lowest BCUT2D eigenvalue weighted by atomic mass is 9.70. The van der Waals surface area contributed by atoms with Crippen LogP contribution < -0.4 is 5.73 Å². The maximum atomic E-state index is 16.0. The van der Waals surface area contributed by atoms with Gasteiger partial charge in [0.05, 0.1) is 32.5 Å². The molecular formula is C23H25FN10O7P2S2. The molecule has 2 unspecified atom stereocenters. The highest BCUT2D eigenvalue weighted by Gasteiger charge is 2.52. The molecule has 238 valence electrons. The van der Waals surface area contributed by atoms with Crippen molar-refractivity contribution in [2.45, 2.75) is 37.1 Å². The zero-order valence-electron chi connectivity index (χ0n) is 23.0. The van der Waals surface area contributed by atoms with Crippen LogP contribution in [-0.4, -0.2) is 81.6 Å². The van der Waals surface area contributed by atoms with Gasteiger partial charge in [-0.15, -0.1) is 0 Å². The van der Waals surface area contributed by atoms with Gasteiger partial charge in [-0.05, 0) is 12.3 Å². The third-order valence-corrected chi connectivity index (χ3v) is 11.7. The second kappa shape index (κ2) is 11.0. The van der Waals surface area contributed by atoms with Crippen LogP contribution >= 0.6 is 38.1 Å². The second-order valence-electron chi connectivity index (χ2n) is 10.9. The predicted molar refractivity (Wildman–Crippen MR) is 161 cm³/mol. The normalized spacial score (nSPS) is 36.2. The predicted octanol–water partition coefficient (Wildman–Crippen LogP) is 3.44. The average Bonchev–Trinajstić information content (AvgIpc) is 3.77. The summed E-state index contributed by atoms with van der Waals surface area (Å²) in [6.45, 7) is -8.72. The molecule has 45 heavy (non-hydrogen) atoms. The molecule has 0 radical (unpaired) electrons. The minimum atomic E-state index is -4.14. The first kappa shape index (κ1) is 29.7. The van der Waals surface area contributed by atoms with Gasteiger partial charge in [-0.25, -0.2) is 43.4 Å². The lowest BCUT2D eigenvalue weighted by Crippen LogP contribution is -2.43. The van der Waals surface area contributed by atoms with Gasteiger partial charge in [0.2, 0.25) is 0 Å². The summed E-state index contributed by atoms with van der Waals surface area (Å²) < 4.78 is 76.3. The van der Waals surface area contributed by atoms with E-state index in [2.05, 4.69) is 54.4 Å². The van der Waals surface area contributed by atoms with E-state index in [0.717, 1.165) is 0 Å². The standard InChI is InChI=1S/C23H25FN10O7P2S2/c24-15-18-14(40-23(15)34-10-29-16-19(25)27-7-28-21(16)34)6-39-42(35,44)38-5-12-11(4-37-43(36,45)41-18)3-13(12)33-9-30-17-20-26-1-2-32(20)8-31-22(17)33/h1-2,7-15,18,23H,3-6H2,(H,35,44)(H,36,45)(H2,25,27,28)/t11-,12-,13-,14-,15-,18-,23-,42?,43?/m1/s1. The Morgan fingerprint density at radius 1 is 0.867 bits per heavy atom. The Balaban J connectivity index is 1.05. The number of alkyl halides is 1. The summed E-state index contributed by atoms with van der Waals surface area (Å²) in [5, 5.41) is 0. The van der Waals surface area contributed by atoms with E-state index < -0.39 is 44.8 Å². The van der Waals surface area contributed by atoms with Gasteiger partial charge in [0, 0.05) is 24.4 Å². The van der Waals surface area contributed by atoms with E-state index in [1.807, 2.05) is 4.57 Å². The number of nitrogens with two attached hydrogens (primary N) is 1. The van der Waals surface area contributed by atoms with Crippen molar-refractivity contribution in [1.29, 1.82) is 0 Å². The minimum absolute atomic E-state index is 0.0477. The van der Waals surface area contributed by atoms with Crippen molar-refractivity contribution in [3.05, 3.63) is 37.7 Å². The Morgan fingerprint density at radius 2 is 1.62 bits per heavy atom. The minimum Gasteiger partial charge on any atom is -0.382 e. The molecule has 2 N–H and O–H groups in total. The van der Waals surface area contributed by atoms with Crippen molar-refractivity contribution >= 4 is 71.9 Å². The second-order valence-corrected chi connectivity index (χ2v) is 16.7. The Hall–Kier alpha value is -2.67. The van der Waals surface area contributed by atoms with E-state index in [1.165, 1.54) is 17.2 Å². The van der Waals surface area contributed by atoms with E-state index in [4.69, 9.17) is 28.6 Å². The maximum absolute atomic E-state index is 16.0. The number of imidazole rings is 3. The van der Waals surface area contributed by atoms with Gasteiger partial charge < -0.3 is 24.1 Å². The molecule has 3 aliphatic rings. The topological polar surface area (TPSA) is 198 Å². The van der Waals surface area contributed by atoms with Crippen LogP contribution in [0.4, 0.5) is 10.2 Å². The Kier molecular flexibility index (Phi) is 7.23. The number of ether oxygens (including phenoxy) is 1. The van der Waals surface area contributed by atoms with Gasteiger partial charge in [-0.2, -0.15) is 0 Å². The lowest BCUT2D eigenvalue weighted by Gasteiger charge is -2.45. The largest absolute Gasteiger partial charge is 0.386 e. The van der Waals surface area contributed by atoms with Crippen molar-refractivity contribution in [1.82, 2.24) is 43.4 Å². The number of hydrogen-bond acceptors (Lipinski definition) is 14. The summed E-state index contributed by atoms with van der Waals surface area (Å²) in [6, 6.07) is -0.186. The average molecular weight is 699 g/mol. The Morgan fingerprint density at radius 3 is 2.49 bits per heavy atom. The molecule has 22 heteroatoms. The molecule has 0 aromatic carbocycles.